The number of nitrogens with zero attached hydrogens (tertiary/aromatic N) is 3. The molecule has 1 heterocycles. The Morgan fingerprint density at radius 3 is 2.41 bits per heavy atom. The molecule has 0 saturated carbocycles. The van der Waals surface area contributed by atoms with Crippen molar-refractivity contribution in [1.82, 2.24) is 9.97 Å². The Balaban J connectivity index is 2.92. The van der Waals surface area contributed by atoms with Gasteiger partial charge in [-0.25, -0.2) is 9.97 Å². The lowest BCUT2D eigenvalue weighted by molar-refractivity contribution is 0.582. The molecule has 0 unspecified atom stereocenters. The summed E-state index contributed by atoms with van der Waals surface area (Å²) in [5.41, 5.74) is 1.04. The highest BCUT2D eigenvalue weighted by molar-refractivity contribution is 6.30. The van der Waals surface area contributed by atoms with E-state index in [0.717, 1.165) is 24.3 Å². The quantitative estimate of drug-likeness (QED) is 0.751. The van der Waals surface area contributed by atoms with Crippen molar-refractivity contribution >= 4 is 17.4 Å². The second-order valence-corrected chi connectivity index (χ2v) is 5.52. The maximum atomic E-state index is 6.15. The topological polar surface area (TPSA) is 29.0 Å². The number of halogens is 1. The van der Waals surface area contributed by atoms with E-state index in [2.05, 4.69) is 49.6 Å². The van der Waals surface area contributed by atoms with Crippen LogP contribution in [-0.2, 0) is 0 Å². The first-order valence-corrected chi connectivity index (χ1v) is 6.52. The zero-order valence-corrected chi connectivity index (χ0v) is 12.1. The minimum Gasteiger partial charge on any atom is -0.359 e. The van der Waals surface area contributed by atoms with Gasteiger partial charge in [-0.3, -0.25) is 0 Å². The van der Waals surface area contributed by atoms with Crippen molar-refractivity contribution < 1.29 is 0 Å². The van der Waals surface area contributed by atoms with E-state index in [4.69, 9.17) is 11.6 Å². The summed E-state index contributed by atoms with van der Waals surface area (Å²) in [5.74, 6) is 1.98. The van der Waals surface area contributed by atoms with Crippen LogP contribution >= 0.6 is 11.6 Å². The third kappa shape index (κ3) is 3.84. The zero-order chi connectivity index (χ0) is 13.0. The number of hydrogen-bond donors (Lipinski definition) is 0. The van der Waals surface area contributed by atoms with Gasteiger partial charge in [-0.05, 0) is 18.3 Å². The summed E-state index contributed by atoms with van der Waals surface area (Å²) in [7, 11) is 2.06. The van der Waals surface area contributed by atoms with Crippen LogP contribution in [0.4, 0.5) is 5.82 Å². The summed E-state index contributed by atoms with van der Waals surface area (Å²) in [4.78, 5) is 10.6. The maximum absolute atomic E-state index is 6.15. The van der Waals surface area contributed by atoms with Crippen molar-refractivity contribution in [3.05, 3.63) is 17.0 Å². The van der Waals surface area contributed by atoms with Crippen LogP contribution in [0.1, 0.15) is 45.6 Å². The SMILES string of the molecule is CC(C)CCN(C)c1ncnc(Cl)c1C(C)C. The van der Waals surface area contributed by atoms with Crippen molar-refractivity contribution in [2.24, 2.45) is 5.92 Å². The molecule has 0 aliphatic carbocycles. The minimum atomic E-state index is 0.334. The van der Waals surface area contributed by atoms with Crippen LogP contribution in [0.25, 0.3) is 0 Å². The minimum absolute atomic E-state index is 0.334. The van der Waals surface area contributed by atoms with Gasteiger partial charge in [-0.15, -0.1) is 0 Å². The smallest absolute Gasteiger partial charge is 0.138 e. The molecule has 0 saturated heterocycles. The Labute approximate surface area is 109 Å². The molecule has 0 atom stereocenters. The summed E-state index contributed by atoms with van der Waals surface area (Å²) in [6, 6.07) is 0. The largest absolute Gasteiger partial charge is 0.359 e. The molecule has 1 aromatic rings. The third-order valence-corrected chi connectivity index (χ3v) is 3.10. The average Bonchev–Trinajstić information content (AvgIpc) is 2.24. The predicted octanol–water partition coefficient (Wildman–Crippen LogP) is 3.74. The fraction of sp³-hybridized carbons (Fsp3) is 0.692. The van der Waals surface area contributed by atoms with Crippen molar-refractivity contribution in [2.75, 3.05) is 18.5 Å². The highest BCUT2D eigenvalue weighted by Gasteiger charge is 2.16. The molecule has 1 aromatic heterocycles. The first kappa shape index (κ1) is 14.2. The predicted molar refractivity (Wildman–Crippen MR) is 73.9 cm³/mol. The first-order valence-electron chi connectivity index (χ1n) is 6.15. The van der Waals surface area contributed by atoms with Crippen molar-refractivity contribution in [3.8, 4) is 0 Å². The molecule has 0 aromatic carbocycles. The number of hydrogen-bond acceptors (Lipinski definition) is 3. The summed E-state index contributed by atoms with van der Waals surface area (Å²) < 4.78 is 0. The van der Waals surface area contributed by atoms with Gasteiger partial charge in [-0.1, -0.05) is 39.3 Å². The summed E-state index contributed by atoms with van der Waals surface area (Å²) >= 11 is 6.15. The molecule has 17 heavy (non-hydrogen) atoms. The Hall–Kier alpha value is -0.830. The monoisotopic (exact) mass is 255 g/mol. The highest BCUT2D eigenvalue weighted by atomic mass is 35.5. The Morgan fingerprint density at radius 2 is 1.88 bits per heavy atom. The van der Waals surface area contributed by atoms with E-state index in [0.29, 0.717) is 17.0 Å². The van der Waals surface area contributed by atoms with E-state index in [1.807, 2.05) is 0 Å². The molecule has 4 heteroatoms. The molecule has 0 amide bonds. The van der Waals surface area contributed by atoms with Crippen LogP contribution < -0.4 is 4.90 Å². The van der Waals surface area contributed by atoms with E-state index >= 15 is 0 Å². The molecule has 96 valence electrons. The molecular formula is C13H22ClN3. The van der Waals surface area contributed by atoms with Crippen LogP contribution in [0.2, 0.25) is 5.15 Å². The van der Waals surface area contributed by atoms with Gasteiger partial charge in [0, 0.05) is 19.2 Å². The average molecular weight is 256 g/mol. The lowest BCUT2D eigenvalue weighted by Gasteiger charge is -2.23. The van der Waals surface area contributed by atoms with E-state index < -0.39 is 0 Å². The number of aromatic nitrogens is 2. The summed E-state index contributed by atoms with van der Waals surface area (Å²) in [6.45, 7) is 9.67. The van der Waals surface area contributed by atoms with Gasteiger partial charge in [0.05, 0.1) is 0 Å². The molecular weight excluding hydrogens is 234 g/mol. The third-order valence-electron chi connectivity index (χ3n) is 2.80. The van der Waals surface area contributed by atoms with Crippen LogP contribution in [0.3, 0.4) is 0 Å². The molecule has 3 nitrogen and oxygen atoms in total. The molecule has 0 bridgehead atoms. The van der Waals surface area contributed by atoms with E-state index in [9.17, 15) is 0 Å². The van der Waals surface area contributed by atoms with Gasteiger partial charge in [-0.2, -0.15) is 0 Å². The van der Waals surface area contributed by atoms with Crippen molar-refractivity contribution in [3.63, 3.8) is 0 Å². The molecule has 0 aliphatic heterocycles. The highest BCUT2D eigenvalue weighted by Crippen LogP contribution is 2.29. The summed E-state index contributed by atoms with van der Waals surface area (Å²) in [6.07, 6.45) is 2.69. The van der Waals surface area contributed by atoms with Crippen LogP contribution in [0.15, 0.2) is 6.33 Å². The Kier molecular flexibility index (Phi) is 5.19. The molecule has 0 aliphatic rings. The van der Waals surface area contributed by atoms with Crippen LogP contribution in [0.5, 0.6) is 0 Å². The van der Waals surface area contributed by atoms with Gasteiger partial charge >= 0.3 is 0 Å². The van der Waals surface area contributed by atoms with Crippen LogP contribution in [-0.4, -0.2) is 23.6 Å². The summed E-state index contributed by atoms with van der Waals surface area (Å²) in [5, 5.41) is 0.571. The van der Waals surface area contributed by atoms with Crippen LogP contribution in [0, 0.1) is 5.92 Å². The Bertz CT molecular complexity index is 364. The van der Waals surface area contributed by atoms with E-state index in [1.54, 1.807) is 0 Å². The number of anilines is 1. The molecule has 1 rings (SSSR count). The molecule has 0 N–H and O–H groups in total. The van der Waals surface area contributed by atoms with Gasteiger partial charge in [0.25, 0.3) is 0 Å². The van der Waals surface area contributed by atoms with Gasteiger partial charge in [0.2, 0.25) is 0 Å². The maximum Gasteiger partial charge on any atom is 0.138 e. The standard InChI is InChI=1S/C13H22ClN3/c1-9(2)6-7-17(5)13-11(10(3)4)12(14)15-8-16-13/h8-10H,6-7H2,1-5H3. The van der Waals surface area contributed by atoms with Crippen molar-refractivity contribution in [1.29, 1.82) is 0 Å². The fourth-order valence-electron chi connectivity index (χ4n) is 1.72. The van der Waals surface area contributed by atoms with E-state index in [-0.39, 0.29) is 0 Å². The molecule has 0 radical (unpaired) electrons. The van der Waals surface area contributed by atoms with Gasteiger partial charge in [0.15, 0.2) is 0 Å². The fourth-order valence-corrected chi connectivity index (χ4v) is 2.07. The normalized spacial score (nSPS) is 11.3. The lowest BCUT2D eigenvalue weighted by Crippen LogP contribution is -2.23. The first-order chi connectivity index (χ1) is 7.93. The molecule has 0 fully saturated rings. The molecule has 0 spiro atoms. The lowest BCUT2D eigenvalue weighted by atomic mass is 10.1. The van der Waals surface area contributed by atoms with Gasteiger partial charge in [0.1, 0.15) is 17.3 Å². The Morgan fingerprint density at radius 1 is 1.24 bits per heavy atom. The van der Waals surface area contributed by atoms with E-state index in [1.165, 1.54) is 6.33 Å². The second-order valence-electron chi connectivity index (χ2n) is 5.16. The number of rotatable bonds is 5. The van der Waals surface area contributed by atoms with Crippen molar-refractivity contribution in [2.45, 2.75) is 40.0 Å². The zero-order valence-electron chi connectivity index (χ0n) is 11.4. The van der Waals surface area contributed by atoms with Gasteiger partial charge < -0.3 is 4.90 Å². The second kappa shape index (κ2) is 6.20.